The largest absolute Gasteiger partial charge is 0.394 e. The van der Waals surface area contributed by atoms with Crippen LogP contribution in [0.4, 0.5) is 5.69 Å². The van der Waals surface area contributed by atoms with Crippen LogP contribution in [0, 0.1) is 11.3 Å². The molecule has 1 atom stereocenters. The smallest absolute Gasteiger partial charge is 0.354 e. The molecule has 1 unspecified atom stereocenters. The molecule has 3 rings (SSSR count). The van der Waals surface area contributed by atoms with Crippen molar-refractivity contribution in [2.24, 2.45) is 11.7 Å². The summed E-state index contributed by atoms with van der Waals surface area (Å²) in [6.07, 6.45) is 0.717. The van der Waals surface area contributed by atoms with Crippen molar-refractivity contribution >= 4 is 39.4 Å². The molecule has 0 radical (unpaired) electrons. The van der Waals surface area contributed by atoms with E-state index in [9.17, 15) is 27.9 Å². The third-order valence-corrected chi connectivity index (χ3v) is 6.42. The van der Waals surface area contributed by atoms with Gasteiger partial charge in [0.05, 0.1) is 24.5 Å². The molecule has 2 amide bonds. The minimum absolute atomic E-state index is 0.0239. The lowest BCUT2D eigenvalue weighted by Gasteiger charge is -2.20. The van der Waals surface area contributed by atoms with Crippen molar-refractivity contribution in [3.63, 3.8) is 0 Å². The molecule has 0 aliphatic rings. The van der Waals surface area contributed by atoms with E-state index in [2.05, 4.69) is 14.8 Å². The maximum Gasteiger partial charge on any atom is 0.354 e. The summed E-state index contributed by atoms with van der Waals surface area (Å²) in [5, 5.41) is 22.5. The molecule has 6 N–H and O–H groups in total. The van der Waals surface area contributed by atoms with Gasteiger partial charge in [0.15, 0.2) is 0 Å². The number of anilines is 1. The SMILES string of the molecule is CC(C)C(CO)NC(=O)c1ccc(-c2ccccc2C(=O)Nc2ccc(C(=N)N)cc2)c(C(=O)OS(C)(=O)=O)c1. The lowest BCUT2D eigenvalue weighted by atomic mass is 9.93. The number of rotatable bonds is 10. The Kier molecular flexibility index (Phi) is 9.40. The second-order valence-corrected chi connectivity index (χ2v) is 10.9. The molecule has 3 aromatic carbocycles. The predicted molar refractivity (Wildman–Crippen MR) is 151 cm³/mol. The number of nitrogens with one attached hydrogen (secondary N) is 3. The third-order valence-electron chi connectivity index (χ3n) is 5.96. The van der Waals surface area contributed by atoms with Gasteiger partial charge in [0.25, 0.3) is 11.8 Å². The van der Waals surface area contributed by atoms with E-state index in [0.29, 0.717) is 17.5 Å². The standard InChI is InChI=1S/C28H30N4O7S/c1-16(2)24(15-33)32-26(34)18-10-13-21(23(14-18)28(36)39-40(3,37)38)20-6-4-5-7-22(20)27(35)31-19-11-8-17(9-12-19)25(29)30/h4-14,16,24,33H,15H2,1-3H3,(H3,29,30)(H,31,35)(H,32,34). The zero-order valence-electron chi connectivity index (χ0n) is 22.1. The molecule has 12 heteroatoms. The van der Waals surface area contributed by atoms with E-state index in [-0.39, 0.29) is 46.2 Å². The highest BCUT2D eigenvalue weighted by molar-refractivity contribution is 7.86. The Hall–Kier alpha value is -4.55. The average Bonchev–Trinajstić information content (AvgIpc) is 2.90. The zero-order chi connectivity index (χ0) is 29.6. The van der Waals surface area contributed by atoms with Gasteiger partial charge in [0, 0.05) is 22.4 Å². The van der Waals surface area contributed by atoms with Crippen LogP contribution in [0.5, 0.6) is 0 Å². The lowest BCUT2D eigenvalue weighted by Crippen LogP contribution is -2.41. The first-order valence-corrected chi connectivity index (χ1v) is 14.0. The Balaban J connectivity index is 2.05. The Bertz CT molecular complexity index is 1550. The maximum atomic E-state index is 13.3. The fourth-order valence-electron chi connectivity index (χ4n) is 3.79. The van der Waals surface area contributed by atoms with Gasteiger partial charge in [-0.25, -0.2) is 4.79 Å². The molecule has 40 heavy (non-hydrogen) atoms. The Morgan fingerprint density at radius 1 is 0.925 bits per heavy atom. The molecule has 0 heterocycles. The molecular weight excluding hydrogens is 536 g/mol. The van der Waals surface area contributed by atoms with E-state index in [4.69, 9.17) is 11.1 Å². The fourth-order valence-corrected chi connectivity index (χ4v) is 4.16. The van der Waals surface area contributed by atoms with E-state index in [1.807, 2.05) is 13.8 Å². The van der Waals surface area contributed by atoms with Crippen LogP contribution in [0.15, 0.2) is 66.7 Å². The van der Waals surface area contributed by atoms with Crippen molar-refractivity contribution in [3.8, 4) is 11.1 Å². The number of hydrogen-bond donors (Lipinski definition) is 5. The minimum atomic E-state index is -4.20. The Morgan fingerprint density at radius 3 is 2.10 bits per heavy atom. The van der Waals surface area contributed by atoms with Crippen molar-refractivity contribution < 1.29 is 32.1 Å². The molecule has 0 saturated carbocycles. The van der Waals surface area contributed by atoms with Gasteiger partial charge in [-0.2, -0.15) is 8.42 Å². The van der Waals surface area contributed by atoms with Gasteiger partial charge in [0.1, 0.15) is 5.84 Å². The molecular formula is C28H30N4O7S. The Morgan fingerprint density at radius 2 is 1.52 bits per heavy atom. The summed E-state index contributed by atoms with van der Waals surface area (Å²) in [4.78, 5) is 39.1. The summed E-state index contributed by atoms with van der Waals surface area (Å²) in [5.41, 5.74) is 6.75. The summed E-state index contributed by atoms with van der Waals surface area (Å²) >= 11 is 0. The van der Waals surface area contributed by atoms with Gasteiger partial charge in [-0.1, -0.05) is 38.1 Å². The lowest BCUT2D eigenvalue weighted by molar-refractivity contribution is 0.0748. The molecule has 11 nitrogen and oxygen atoms in total. The minimum Gasteiger partial charge on any atom is -0.394 e. The van der Waals surface area contributed by atoms with Crippen molar-refractivity contribution in [2.75, 3.05) is 18.2 Å². The molecule has 0 aliphatic heterocycles. The first kappa shape index (κ1) is 30.0. The summed E-state index contributed by atoms with van der Waals surface area (Å²) < 4.78 is 28.1. The van der Waals surface area contributed by atoms with Crippen LogP contribution in [-0.2, 0) is 14.3 Å². The quantitative estimate of drug-likeness (QED) is 0.141. The summed E-state index contributed by atoms with van der Waals surface area (Å²) in [6.45, 7) is 3.34. The number of hydrogen-bond acceptors (Lipinski definition) is 8. The highest BCUT2D eigenvalue weighted by Gasteiger charge is 2.24. The first-order chi connectivity index (χ1) is 18.8. The number of aliphatic hydroxyl groups excluding tert-OH is 1. The third kappa shape index (κ3) is 7.52. The highest BCUT2D eigenvalue weighted by atomic mass is 32.2. The highest BCUT2D eigenvalue weighted by Crippen LogP contribution is 2.30. The fraction of sp³-hybridized carbons (Fsp3) is 0.214. The van der Waals surface area contributed by atoms with Crippen molar-refractivity contribution in [1.82, 2.24) is 5.32 Å². The van der Waals surface area contributed by atoms with E-state index >= 15 is 0 Å². The second-order valence-electron chi connectivity index (χ2n) is 9.33. The summed E-state index contributed by atoms with van der Waals surface area (Å²) in [6, 6.07) is 16.1. The van der Waals surface area contributed by atoms with Crippen molar-refractivity contribution in [2.45, 2.75) is 19.9 Å². The number of carbonyl (C=O) groups excluding carboxylic acids is 3. The van der Waals surface area contributed by atoms with Crippen molar-refractivity contribution in [1.29, 1.82) is 5.41 Å². The van der Waals surface area contributed by atoms with Crippen molar-refractivity contribution in [3.05, 3.63) is 89.0 Å². The van der Waals surface area contributed by atoms with Crippen LogP contribution in [0.1, 0.15) is 50.5 Å². The first-order valence-electron chi connectivity index (χ1n) is 12.2. The summed E-state index contributed by atoms with van der Waals surface area (Å²) in [5.74, 6) is -2.55. The van der Waals surface area contributed by atoms with E-state index in [0.717, 1.165) is 0 Å². The molecule has 0 aliphatic carbocycles. The van der Waals surface area contributed by atoms with Gasteiger partial charge in [-0.15, -0.1) is 0 Å². The van der Waals surface area contributed by atoms with Gasteiger partial charge in [-0.05, 0) is 59.5 Å². The number of amidine groups is 1. The van der Waals surface area contributed by atoms with E-state index in [1.165, 1.54) is 24.3 Å². The van der Waals surface area contributed by atoms with E-state index < -0.39 is 33.9 Å². The normalized spacial score (nSPS) is 11.9. The van der Waals surface area contributed by atoms with Gasteiger partial charge >= 0.3 is 16.1 Å². The number of amides is 2. The second kappa shape index (κ2) is 12.5. The van der Waals surface area contributed by atoms with Crippen LogP contribution < -0.4 is 16.4 Å². The molecule has 0 saturated heterocycles. The van der Waals surface area contributed by atoms with Gasteiger partial charge in [0.2, 0.25) is 0 Å². The molecule has 210 valence electrons. The molecule has 0 aromatic heterocycles. The number of aliphatic hydroxyl groups is 1. The predicted octanol–water partition coefficient (Wildman–Crippen LogP) is 2.75. The van der Waals surface area contributed by atoms with Crippen LogP contribution in [0.25, 0.3) is 11.1 Å². The Labute approximate surface area is 232 Å². The molecule has 0 bridgehead atoms. The number of carbonyl (C=O) groups is 3. The number of nitrogens with two attached hydrogens (primary N) is 1. The topological polar surface area (TPSA) is 189 Å². The monoisotopic (exact) mass is 566 g/mol. The van der Waals surface area contributed by atoms with Crippen LogP contribution in [-0.4, -0.2) is 56.0 Å². The van der Waals surface area contributed by atoms with Crippen LogP contribution >= 0.6 is 0 Å². The maximum absolute atomic E-state index is 13.3. The van der Waals surface area contributed by atoms with Crippen LogP contribution in [0.3, 0.4) is 0 Å². The van der Waals surface area contributed by atoms with Crippen LogP contribution in [0.2, 0.25) is 0 Å². The number of nitrogen functional groups attached to an aromatic ring is 1. The molecule has 0 spiro atoms. The molecule has 3 aromatic rings. The number of benzene rings is 3. The average molecular weight is 567 g/mol. The zero-order valence-corrected chi connectivity index (χ0v) is 22.9. The van der Waals surface area contributed by atoms with Gasteiger partial charge < -0.3 is 25.7 Å². The van der Waals surface area contributed by atoms with Gasteiger partial charge in [-0.3, -0.25) is 15.0 Å². The van der Waals surface area contributed by atoms with E-state index in [1.54, 1.807) is 42.5 Å². The molecule has 0 fully saturated rings. The summed E-state index contributed by atoms with van der Waals surface area (Å²) in [7, 11) is -4.20.